The van der Waals surface area contributed by atoms with Gasteiger partial charge >= 0.3 is 5.97 Å². The van der Waals surface area contributed by atoms with Crippen molar-refractivity contribution in [2.75, 3.05) is 26.7 Å². The Morgan fingerprint density at radius 2 is 2.19 bits per heavy atom. The summed E-state index contributed by atoms with van der Waals surface area (Å²) in [6, 6.07) is 5.38. The monoisotopic (exact) mass is 372 g/mol. The van der Waals surface area contributed by atoms with Crippen LogP contribution in [0.5, 0.6) is 0 Å². The fourth-order valence-electron chi connectivity index (χ4n) is 3.31. The first kappa shape index (κ1) is 18.9. The highest BCUT2D eigenvalue weighted by molar-refractivity contribution is 5.93. The van der Waals surface area contributed by atoms with Gasteiger partial charge in [-0.25, -0.2) is 4.98 Å². The molecule has 1 saturated heterocycles. The molecule has 2 amide bonds. The summed E-state index contributed by atoms with van der Waals surface area (Å²) in [4.78, 5) is 42.6. The number of likely N-dealkylation sites (tertiary alicyclic amines) is 1. The van der Waals surface area contributed by atoms with Crippen LogP contribution in [0.4, 0.5) is 0 Å². The molecule has 8 nitrogen and oxygen atoms in total. The van der Waals surface area contributed by atoms with Gasteiger partial charge in [-0.3, -0.25) is 18.8 Å². The maximum Gasteiger partial charge on any atom is 0.325 e. The van der Waals surface area contributed by atoms with Crippen LogP contribution in [-0.2, 0) is 20.7 Å². The van der Waals surface area contributed by atoms with Crippen molar-refractivity contribution in [3.8, 4) is 0 Å². The Hall–Kier alpha value is -2.90. The molecule has 0 spiro atoms. The molecule has 0 radical (unpaired) electrons. The number of pyridine rings is 1. The number of aryl methyl sites for hydroxylation is 1. The average molecular weight is 372 g/mol. The largest absolute Gasteiger partial charge is 0.468 e. The van der Waals surface area contributed by atoms with Gasteiger partial charge in [-0.2, -0.15) is 0 Å². The summed E-state index contributed by atoms with van der Waals surface area (Å²) < 4.78 is 6.40. The van der Waals surface area contributed by atoms with Gasteiger partial charge in [0.1, 0.15) is 17.9 Å². The third-order valence-corrected chi connectivity index (χ3v) is 4.84. The van der Waals surface area contributed by atoms with Crippen molar-refractivity contribution in [1.82, 2.24) is 19.6 Å². The number of imidazole rings is 1. The number of rotatable bonds is 6. The van der Waals surface area contributed by atoms with Crippen LogP contribution < -0.4 is 5.32 Å². The van der Waals surface area contributed by atoms with Gasteiger partial charge in [0.2, 0.25) is 5.91 Å². The van der Waals surface area contributed by atoms with E-state index in [1.54, 1.807) is 16.5 Å². The van der Waals surface area contributed by atoms with Crippen LogP contribution in [-0.4, -0.2) is 58.8 Å². The third-order valence-electron chi connectivity index (χ3n) is 4.84. The topological polar surface area (TPSA) is 93.0 Å². The van der Waals surface area contributed by atoms with Crippen molar-refractivity contribution >= 4 is 23.4 Å². The first-order valence-corrected chi connectivity index (χ1v) is 9.14. The highest BCUT2D eigenvalue weighted by atomic mass is 16.5. The number of nitrogens with zero attached hydrogens (tertiary/aromatic N) is 3. The average Bonchev–Trinajstić information content (AvgIpc) is 3.11. The van der Waals surface area contributed by atoms with Gasteiger partial charge in [0, 0.05) is 19.3 Å². The number of nitrogens with one attached hydrogen (secondary N) is 1. The van der Waals surface area contributed by atoms with Crippen LogP contribution in [0.15, 0.2) is 24.4 Å². The maximum absolute atomic E-state index is 12.7. The van der Waals surface area contributed by atoms with Crippen molar-refractivity contribution in [1.29, 1.82) is 0 Å². The molecule has 1 N–H and O–H groups in total. The molecule has 0 bridgehead atoms. The molecular formula is C19H24N4O4. The Kier molecular flexibility index (Phi) is 5.73. The molecule has 1 fully saturated rings. The van der Waals surface area contributed by atoms with Gasteiger partial charge in [-0.15, -0.1) is 0 Å². The van der Waals surface area contributed by atoms with Crippen molar-refractivity contribution in [2.24, 2.45) is 5.92 Å². The summed E-state index contributed by atoms with van der Waals surface area (Å²) in [5, 5.41) is 2.86. The number of methoxy groups -OCH3 is 1. The second-order valence-corrected chi connectivity index (χ2v) is 6.61. The van der Waals surface area contributed by atoms with Crippen LogP contribution in [0.2, 0.25) is 0 Å². The number of carbonyl (C=O) groups excluding carboxylic acids is 3. The summed E-state index contributed by atoms with van der Waals surface area (Å²) in [6.07, 6.45) is 4.12. The molecule has 3 rings (SSSR count). The number of piperidine rings is 1. The fraction of sp³-hybridized carbons (Fsp3) is 0.474. The molecule has 1 unspecified atom stereocenters. The minimum atomic E-state index is -0.438. The molecule has 0 aliphatic carbocycles. The number of fused-ring (bicyclic) bond motifs is 1. The van der Waals surface area contributed by atoms with Gasteiger partial charge in [0.15, 0.2) is 0 Å². The molecule has 2 aromatic heterocycles. The van der Waals surface area contributed by atoms with Gasteiger partial charge in [0.05, 0.1) is 18.7 Å². The van der Waals surface area contributed by atoms with Crippen LogP contribution in [0.1, 0.15) is 35.9 Å². The zero-order valence-corrected chi connectivity index (χ0v) is 15.6. The predicted octanol–water partition coefficient (Wildman–Crippen LogP) is 1.04. The maximum atomic E-state index is 12.7. The van der Waals surface area contributed by atoms with Crippen LogP contribution in [0.25, 0.3) is 5.65 Å². The Morgan fingerprint density at radius 1 is 1.37 bits per heavy atom. The zero-order valence-electron chi connectivity index (χ0n) is 15.6. The minimum absolute atomic E-state index is 0.0477. The lowest BCUT2D eigenvalue weighted by molar-refractivity contribution is -0.150. The van der Waals surface area contributed by atoms with Crippen molar-refractivity contribution < 1.29 is 19.1 Å². The number of ether oxygens (including phenoxy) is 1. The standard InChI is InChI=1S/C19H24N4O4/c1-3-14-11-23-15(7-4-8-16(23)21-14)18(25)20-10-13-6-5-9-22(19(13)26)12-17(24)27-2/h4,7-8,11,13H,3,5-6,9-10,12H2,1-2H3,(H,20,25). The zero-order chi connectivity index (χ0) is 19.4. The van der Waals surface area contributed by atoms with Gasteiger partial charge in [-0.1, -0.05) is 13.0 Å². The van der Waals surface area contributed by atoms with Gasteiger partial charge < -0.3 is 15.0 Å². The summed E-state index contributed by atoms with van der Waals surface area (Å²) >= 11 is 0. The van der Waals surface area contributed by atoms with E-state index in [4.69, 9.17) is 0 Å². The molecule has 144 valence electrons. The summed E-state index contributed by atoms with van der Waals surface area (Å²) in [5.41, 5.74) is 2.11. The third kappa shape index (κ3) is 4.10. The lowest BCUT2D eigenvalue weighted by atomic mass is 9.97. The number of hydrogen-bond donors (Lipinski definition) is 1. The van der Waals surface area contributed by atoms with Crippen molar-refractivity contribution in [3.05, 3.63) is 35.8 Å². The fourth-order valence-corrected chi connectivity index (χ4v) is 3.31. The van der Waals surface area contributed by atoms with E-state index in [2.05, 4.69) is 15.0 Å². The molecule has 1 atom stereocenters. The molecule has 0 aromatic carbocycles. The van der Waals surface area contributed by atoms with E-state index in [0.717, 1.165) is 24.2 Å². The summed E-state index contributed by atoms with van der Waals surface area (Å²) in [5.74, 6) is -1.15. The Balaban J connectivity index is 1.66. The summed E-state index contributed by atoms with van der Waals surface area (Å²) in [7, 11) is 1.30. The number of aromatic nitrogens is 2. The predicted molar refractivity (Wildman–Crippen MR) is 98.2 cm³/mol. The summed E-state index contributed by atoms with van der Waals surface area (Å²) in [6.45, 7) is 2.73. The Morgan fingerprint density at radius 3 is 2.93 bits per heavy atom. The van der Waals surface area contributed by atoms with E-state index in [1.165, 1.54) is 12.0 Å². The van der Waals surface area contributed by atoms with E-state index in [1.807, 2.05) is 19.2 Å². The van der Waals surface area contributed by atoms with Crippen LogP contribution in [0, 0.1) is 5.92 Å². The normalized spacial score (nSPS) is 17.2. The second-order valence-electron chi connectivity index (χ2n) is 6.61. The molecule has 2 aromatic rings. The van der Waals surface area contributed by atoms with E-state index in [0.29, 0.717) is 18.7 Å². The highest BCUT2D eigenvalue weighted by Gasteiger charge is 2.30. The number of carbonyl (C=O) groups is 3. The van der Waals surface area contributed by atoms with Crippen molar-refractivity contribution in [3.63, 3.8) is 0 Å². The second kappa shape index (κ2) is 8.20. The Labute approximate surface area is 157 Å². The first-order chi connectivity index (χ1) is 13.0. The van der Waals surface area contributed by atoms with Crippen molar-refractivity contribution in [2.45, 2.75) is 26.2 Å². The van der Waals surface area contributed by atoms with Gasteiger partial charge in [0.25, 0.3) is 5.91 Å². The minimum Gasteiger partial charge on any atom is -0.468 e. The lowest BCUT2D eigenvalue weighted by Crippen LogP contribution is -2.47. The van der Waals surface area contributed by atoms with E-state index < -0.39 is 5.97 Å². The molecule has 1 aliphatic heterocycles. The Bertz CT molecular complexity index is 861. The lowest BCUT2D eigenvalue weighted by Gasteiger charge is -2.31. The molecule has 8 heteroatoms. The molecule has 27 heavy (non-hydrogen) atoms. The van der Waals surface area contributed by atoms with Crippen LogP contribution in [0.3, 0.4) is 0 Å². The van der Waals surface area contributed by atoms with E-state index in [-0.39, 0.29) is 30.8 Å². The smallest absolute Gasteiger partial charge is 0.325 e. The number of hydrogen-bond acceptors (Lipinski definition) is 5. The van der Waals surface area contributed by atoms with E-state index in [9.17, 15) is 14.4 Å². The highest BCUT2D eigenvalue weighted by Crippen LogP contribution is 2.18. The van der Waals surface area contributed by atoms with Gasteiger partial charge in [-0.05, 0) is 31.4 Å². The number of esters is 1. The SMILES string of the molecule is CCc1cn2c(C(=O)NCC3CCCN(CC(=O)OC)C3=O)cccc2n1. The van der Waals surface area contributed by atoms with E-state index >= 15 is 0 Å². The first-order valence-electron chi connectivity index (χ1n) is 9.14. The molecule has 1 aliphatic rings. The molecular weight excluding hydrogens is 348 g/mol. The quantitative estimate of drug-likeness (QED) is 0.765. The number of amides is 2. The molecule has 3 heterocycles. The van der Waals surface area contributed by atoms with Crippen LogP contribution >= 0.6 is 0 Å². The molecule has 0 saturated carbocycles.